The molecule has 0 aliphatic carbocycles. The molecule has 1 aromatic rings. The number of carbonyl (C=O) groups excluding carboxylic acids is 1. The number of nitrogens with one attached hydrogen (secondary N) is 1. The highest BCUT2D eigenvalue weighted by Gasteiger charge is 2.21. The van der Waals surface area contributed by atoms with Gasteiger partial charge in [-0.2, -0.15) is 0 Å². The second kappa shape index (κ2) is 6.95. The molecule has 2 rings (SSSR count). The number of amides is 1. The SMILES string of the molecule is CNCc1ccc(N2CCC(CC(N)=O)CC2)cc1Cl. The van der Waals surface area contributed by atoms with Crippen LogP contribution in [0, 0.1) is 5.92 Å². The van der Waals surface area contributed by atoms with Gasteiger partial charge in [-0.05, 0) is 43.5 Å². The molecule has 0 radical (unpaired) electrons. The number of hydrogen-bond acceptors (Lipinski definition) is 3. The van der Waals surface area contributed by atoms with E-state index in [-0.39, 0.29) is 5.91 Å². The molecule has 0 unspecified atom stereocenters. The Hall–Kier alpha value is -1.26. The van der Waals surface area contributed by atoms with Crippen molar-refractivity contribution in [3.05, 3.63) is 28.8 Å². The first-order valence-electron chi connectivity index (χ1n) is 7.06. The Morgan fingerprint density at radius 2 is 2.15 bits per heavy atom. The van der Waals surface area contributed by atoms with Crippen molar-refractivity contribution in [2.45, 2.75) is 25.8 Å². The van der Waals surface area contributed by atoms with E-state index in [4.69, 9.17) is 17.3 Å². The summed E-state index contributed by atoms with van der Waals surface area (Å²) in [6.07, 6.45) is 2.54. The van der Waals surface area contributed by atoms with Crippen molar-refractivity contribution in [2.75, 3.05) is 25.0 Å². The average molecular weight is 296 g/mol. The zero-order valence-electron chi connectivity index (χ0n) is 11.9. The minimum atomic E-state index is -0.192. The maximum Gasteiger partial charge on any atom is 0.217 e. The largest absolute Gasteiger partial charge is 0.371 e. The Morgan fingerprint density at radius 3 is 2.70 bits per heavy atom. The highest BCUT2D eigenvalue weighted by atomic mass is 35.5. The fraction of sp³-hybridized carbons (Fsp3) is 0.533. The minimum absolute atomic E-state index is 0.192. The summed E-state index contributed by atoms with van der Waals surface area (Å²) < 4.78 is 0. The van der Waals surface area contributed by atoms with Gasteiger partial charge in [0.2, 0.25) is 5.91 Å². The first-order chi connectivity index (χ1) is 9.60. The molecule has 20 heavy (non-hydrogen) atoms. The Bertz CT molecular complexity index is 470. The molecule has 1 aliphatic rings. The van der Waals surface area contributed by atoms with Crippen molar-refractivity contribution in [1.29, 1.82) is 0 Å². The van der Waals surface area contributed by atoms with Crippen LogP contribution in [0.2, 0.25) is 5.02 Å². The molecule has 0 saturated carbocycles. The van der Waals surface area contributed by atoms with Gasteiger partial charge in [0.25, 0.3) is 0 Å². The van der Waals surface area contributed by atoms with Crippen LogP contribution in [-0.4, -0.2) is 26.0 Å². The van der Waals surface area contributed by atoms with E-state index in [1.165, 1.54) is 0 Å². The van der Waals surface area contributed by atoms with Gasteiger partial charge >= 0.3 is 0 Å². The third-order valence-electron chi connectivity index (χ3n) is 3.87. The van der Waals surface area contributed by atoms with Crippen LogP contribution >= 0.6 is 11.6 Å². The molecule has 0 atom stereocenters. The molecule has 1 saturated heterocycles. The van der Waals surface area contributed by atoms with Crippen molar-refractivity contribution in [3.63, 3.8) is 0 Å². The lowest BCUT2D eigenvalue weighted by atomic mass is 9.93. The fourth-order valence-electron chi connectivity index (χ4n) is 2.75. The summed E-state index contributed by atoms with van der Waals surface area (Å²) in [6, 6.07) is 6.22. The van der Waals surface area contributed by atoms with E-state index in [0.29, 0.717) is 12.3 Å². The molecule has 3 N–H and O–H groups in total. The number of hydrogen-bond donors (Lipinski definition) is 2. The second-order valence-corrected chi connectivity index (χ2v) is 5.81. The van der Waals surface area contributed by atoms with Crippen LogP contribution < -0.4 is 16.0 Å². The van der Waals surface area contributed by atoms with Gasteiger partial charge < -0.3 is 16.0 Å². The summed E-state index contributed by atoms with van der Waals surface area (Å²) in [5, 5.41) is 3.91. The number of nitrogens with two attached hydrogens (primary N) is 1. The normalized spacial score (nSPS) is 16.4. The molecule has 1 amide bonds. The Labute approximate surface area is 125 Å². The molecule has 1 fully saturated rings. The number of rotatable bonds is 5. The van der Waals surface area contributed by atoms with Crippen molar-refractivity contribution in [1.82, 2.24) is 5.32 Å². The highest BCUT2D eigenvalue weighted by Crippen LogP contribution is 2.28. The molecule has 110 valence electrons. The summed E-state index contributed by atoms with van der Waals surface area (Å²) in [7, 11) is 1.91. The summed E-state index contributed by atoms with van der Waals surface area (Å²) in [5.74, 6) is 0.241. The second-order valence-electron chi connectivity index (χ2n) is 5.41. The lowest BCUT2D eigenvalue weighted by molar-refractivity contribution is -0.119. The van der Waals surface area contributed by atoms with Crippen LogP contribution in [-0.2, 0) is 11.3 Å². The number of halogens is 1. The van der Waals surface area contributed by atoms with Gasteiger partial charge in [0.05, 0.1) is 0 Å². The predicted octanol–water partition coefficient (Wildman–Crippen LogP) is 2.15. The van der Waals surface area contributed by atoms with Crippen molar-refractivity contribution >= 4 is 23.2 Å². The number of carbonyl (C=O) groups is 1. The average Bonchev–Trinajstić information content (AvgIpc) is 2.41. The van der Waals surface area contributed by atoms with E-state index in [1.807, 2.05) is 13.1 Å². The van der Waals surface area contributed by atoms with Crippen LogP contribution in [0.25, 0.3) is 0 Å². The topological polar surface area (TPSA) is 58.4 Å². The number of benzene rings is 1. The number of anilines is 1. The molecular formula is C15H22ClN3O. The summed E-state index contributed by atoms with van der Waals surface area (Å²) in [6.45, 7) is 2.69. The Balaban J connectivity index is 1.96. The number of piperidine rings is 1. The van der Waals surface area contributed by atoms with E-state index < -0.39 is 0 Å². The van der Waals surface area contributed by atoms with Crippen LogP contribution in [0.5, 0.6) is 0 Å². The van der Waals surface area contributed by atoms with E-state index in [1.54, 1.807) is 0 Å². The van der Waals surface area contributed by atoms with Crippen molar-refractivity contribution in [2.24, 2.45) is 11.7 Å². The summed E-state index contributed by atoms with van der Waals surface area (Å²) in [5.41, 5.74) is 7.53. The van der Waals surface area contributed by atoms with Gasteiger partial charge in [-0.25, -0.2) is 0 Å². The third kappa shape index (κ3) is 3.87. The standard InChI is InChI=1S/C15H22ClN3O/c1-18-10-12-2-3-13(9-14(12)16)19-6-4-11(5-7-19)8-15(17)20/h2-3,9,11,18H,4-8,10H2,1H3,(H2,17,20). The van der Waals surface area contributed by atoms with E-state index in [2.05, 4.69) is 22.3 Å². The van der Waals surface area contributed by atoms with Crippen molar-refractivity contribution in [3.8, 4) is 0 Å². The van der Waals surface area contributed by atoms with Gasteiger partial charge in [-0.3, -0.25) is 4.79 Å². The quantitative estimate of drug-likeness (QED) is 0.875. The van der Waals surface area contributed by atoms with Gasteiger partial charge in [-0.15, -0.1) is 0 Å². The van der Waals surface area contributed by atoms with Crippen LogP contribution in [0.15, 0.2) is 18.2 Å². The van der Waals surface area contributed by atoms with Gasteiger partial charge in [0.15, 0.2) is 0 Å². The van der Waals surface area contributed by atoms with Gasteiger partial charge in [0.1, 0.15) is 0 Å². The molecule has 4 nitrogen and oxygen atoms in total. The maximum atomic E-state index is 10.9. The molecule has 1 heterocycles. The zero-order chi connectivity index (χ0) is 14.5. The molecule has 0 spiro atoms. The zero-order valence-corrected chi connectivity index (χ0v) is 12.6. The van der Waals surface area contributed by atoms with Crippen LogP contribution in [0.1, 0.15) is 24.8 Å². The monoisotopic (exact) mass is 295 g/mol. The Morgan fingerprint density at radius 1 is 1.45 bits per heavy atom. The molecular weight excluding hydrogens is 274 g/mol. The summed E-state index contributed by atoms with van der Waals surface area (Å²) in [4.78, 5) is 13.3. The van der Waals surface area contributed by atoms with E-state index in [0.717, 1.165) is 48.7 Å². The molecule has 1 aromatic carbocycles. The minimum Gasteiger partial charge on any atom is -0.371 e. The molecule has 0 aromatic heterocycles. The number of nitrogens with zero attached hydrogens (tertiary/aromatic N) is 1. The summed E-state index contributed by atoms with van der Waals surface area (Å²) >= 11 is 6.30. The lowest BCUT2D eigenvalue weighted by Gasteiger charge is -2.33. The highest BCUT2D eigenvalue weighted by molar-refractivity contribution is 6.31. The fourth-order valence-corrected chi connectivity index (χ4v) is 2.99. The first-order valence-corrected chi connectivity index (χ1v) is 7.44. The number of primary amides is 1. The van der Waals surface area contributed by atoms with E-state index >= 15 is 0 Å². The van der Waals surface area contributed by atoms with Gasteiger partial charge in [-0.1, -0.05) is 17.7 Å². The predicted molar refractivity (Wildman–Crippen MR) is 83.0 cm³/mol. The molecule has 5 heteroatoms. The first kappa shape index (κ1) is 15.1. The van der Waals surface area contributed by atoms with Crippen LogP contribution in [0.4, 0.5) is 5.69 Å². The Kier molecular flexibility index (Phi) is 5.26. The van der Waals surface area contributed by atoms with Gasteiger partial charge in [0, 0.05) is 36.8 Å². The molecule has 0 bridgehead atoms. The smallest absolute Gasteiger partial charge is 0.217 e. The van der Waals surface area contributed by atoms with Crippen LogP contribution in [0.3, 0.4) is 0 Å². The molecule has 1 aliphatic heterocycles. The maximum absolute atomic E-state index is 10.9. The third-order valence-corrected chi connectivity index (χ3v) is 4.23. The van der Waals surface area contributed by atoms with Crippen molar-refractivity contribution < 1.29 is 4.79 Å². The van der Waals surface area contributed by atoms with E-state index in [9.17, 15) is 4.79 Å². The lowest BCUT2D eigenvalue weighted by Crippen LogP contribution is -2.35.